The van der Waals surface area contributed by atoms with Gasteiger partial charge in [-0.2, -0.15) is 0 Å². The van der Waals surface area contributed by atoms with Gasteiger partial charge in [0.05, 0.1) is 16.6 Å². The monoisotopic (exact) mass is 419 g/mol. The van der Waals surface area contributed by atoms with Crippen molar-refractivity contribution >= 4 is 28.8 Å². The topological polar surface area (TPSA) is 100 Å². The predicted octanol–water partition coefficient (Wildman–Crippen LogP) is 2.96. The molecule has 2 N–H and O–H groups in total. The first-order chi connectivity index (χ1) is 15.0. The lowest BCUT2D eigenvalue weighted by molar-refractivity contribution is -0.125. The summed E-state index contributed by atoms with van der Waals surface area (Å²) in [5, 5.41) is 2.90. The van der Waals surface area contributed by atoms with Crippen molar-refractivity contribution < 1.29 is 9.59 Å². The van der Waals surface area contributed by atoms with E-state index in [1.165, 1.54) is 24.4 Å². The third-order valence-electron chi connectivity index (χ3n) is 5.87. The van der Waals surface area contributed by atoms with Gasteiger partial charge < -0.3 is 14.5 Å². The normalized spacial score (nSPS) is 17.7. The highest BCUT2D eigenvalue weighted by molar-refractivity contribution is 6.03. The third-order valence-corrected chi connectivity index (χ3v) is 5.87. The molecule has 1 aliphatic rings. The summed E-state index contributed by atoms with van der Waals surface area (Å²) in [5.74, 6) is 0.616. The second-order valence-corrected chi connectivity index (χ2v) is 7.93. The van der Waals surface area contributed by atoms with Gasteiger partial charge in [0.2, 0.25) is 17.4 Å². The number of carbonyl (C=O) groups is 2. The van der Waals surface area contributed by atoms with Gasteiger partial charge in [0.25, 0.3) is 5.91 Å². The van der Waals surface area contributed by atoms with Crippen LogP contribution in [0.5, 0.6) is 0 Å². The van der Waals surface area contributed by atoms with Crippen LogP contribution in [0, 0.1) is 5.92 Å². The van der Waals surface area contributed by atoms with Gasteiger partial charge in [-0.15, -0.1) is 0 Å². The summed E-state index contributed by atoms with van der Waals surface area (Å²) in [6, 6.07) is 10.8. The highest BCUT2D eigenvalue weighted by atomic mass is 16.2. The molecule has 1 aromatic carbocycles. The smallest absolute Gasteiger partial charge is 0.259 e. The molecule has 0 unspecified atom stereocenters. The summed E-state index contributed by atoms with van der Waals surface area (Å²) < 4.78 is 2.09. The largest absolute Gasteiger partial charge is 0.342 e. The Hall–Kier alpha value is -3.68. The number of nitrogens with one attached hydrogen (secondary N) is 2. The molecule has 0 spiro atoms. The van der Waals surface area contributed by atoms with Gasteiger partial charge in [0.15, 0.2) is 0 Å². The standard InChI is InChI=1S/C23H25N5O3/c1-3-21(30)27(2)11-10-15-12-17(13-15)28-19-7-5-4-6-18(19)25-23(28)26-22(31)16-8-9-20(29)24-14-16/h3-9,14-15,17H,1,10-13H2,2H3,(H,24,29)(H,25,26,31). The molecule has 160 valence electrons. The molecule has 1 fully saturated rings. The molecule has 0 saturated heterocycles. The minimum Gasteiger partial charge on any atom is -0.342 e. The third kappa shape index (κ3) is 4.28. The number of para-hydroxylation sites is 2. The van der Waals surface area contributed by atoms with E-state index in [4.69, 9.17) is 0 Å². The lowest BCUT2D eigenvalue weighted by Gasteiger charge is -2.38. The fraction of sp³-hybridized carbons (Fsp3) is 0.304. The molecule has 1 aliphatic carbocycles. The quantitative estimate of drug-likeness (QED) is 0.575. The molecular weight excluding hydrogens is 394 g/mol. The molecule has 4 rings (SSSR count). The molecule has 31 heavy (non-hydrogen) atoms. The number of carbonyl (C=O) groups excluding carboxylic acids is 2. The van der Waals surface area contributed by atoms with E-state index >= 15 is 0 Å². The Morgan fingerprint density at radius 1 is 1.29 bits per heavy atom. The Kier molecular flexibility index (Phi) is 5.70. The molecule has 8 heteroatoms. The summed E-state index contributed by atoms with van der Waals surface area (Å²) in [4.78, 5) is 44.4. The maximum Gasteiger partial charge on any atom is 0.259 e. The van der Waals surface area contributed by atoms with E-state index < -0.39 is 0 Å². The predicted molar refractivity (Wildman–Crippen MR) is 119 cm³/mol. The Balaban J connectivity index is 1.49. The van der Waals surface area contributed by atoms with E-state index in [1.807, 2.05) is 24.3 Å². The van der Waals surface area contributed by atoms with E-state index in [0.717, 1.165) is 30.3 Å². The first kappa shape index (κ1) is 20.6. The molecule has 0 atom stereocenters. The summed E-state index contributed by atoms with van der Waals surface area (Å²) >= 11 is 0. The van der Waals surface area contributed by atoms with E-state index in [1.54, 1.807) is 11.9 Å². The zero-order valence-corrected chi connectivity index (χ0v) is 17.4. The summed E-state index contributed by atoms with van der Waals surface area (Å²) in [6.07, 6.45) is 5.57. The lowest BCUT2D eigenvalue weighted by atomic mass is 9.78. The Bertz CT molecular complexity index is 1170. The van der Waals surface area contributed by atoms with Crippen molar-refractivity contribution in [3.63, 3.8) is 0 Å². The fourth-order valence-corrected chi connectivity index (χ4v) is 4.02. The summed E-state index contributed by atoms with van der Waals surface area (Å²) in [5.41, 5.74) is 1.89. The van der Waals surface area contributed by atoms with Crippen LogP contribution >= 0.6 is 0 Å². The molecular formula is C23H25N5O3. The van der Waals surface area contributed by atoms with Crippen molar-refractivity contribution in [3.8, 4) is 0 Å². The molecule has 0 radical (unpaired) electrons. The van der Waals surface area contributed by atoms with E-state index in [9.17, 15) is 14.4 Å². The van der Waals surface area contributed by atoms with Gasteiger partial charge in [-0.3, -0.25) is 19.7 Å². The van der Waals surface area contributed by atoms with Crippen molar-refractivity contribution in [1.82, 2.24) is 19.4 Å². The number of likely N-dealkylation sites (N-methyl/N-ethyl adjacent to an activating group) is 1. The Morgan fingerprint density at radius 3 is 2.77 bits per heavy atom. The number of hydrogen-bond acceptors (Lipinski definition) is 4. The number of hydrogen-bond donors (Lipinski definition) is 2. The van der Waals surface area contributed by atoms with Crippen LogP contribution in [0.2, 0.25) is 0 Å². The number of benzene rings is 1. The molecule has 0 aliphatic heterocycles. The van der Waals surface area contributed by atoms with Crippen molar-refractivity contribution in [2.45, 2.75) is 25.3 Å². The molecule has 2 aromatic heterocycles. The van der Waals surface area contributed by atoms with E-state index in [-0.39, 0.29) is 23.4 Å². The number of aromatic amines is 1. The average molecular weight is 419 g/mol. The van der Waals surface area contributed by atoms with Crippen molar-refractivity contribution in [3.05, 3.63) is 71.2 Å². The summed E-state index contributed by atoms with van der Waals surface area (Å²) in [6.45, 7) is 4.22. The number of aromatic nitrogens is 3. The van der Waals surface area contributed by atoms with Crippen LogP contribution < -0.4 is 10.9 Å². The first-order valence-electron chi connectivity index (χ1n) is 10.3. The maximum absolute atomic E-state index is 12.7. The average Bonchev–Trinajstić information content (AvgIpc) is 3.09. The zero-order chi connectivity index (χ0) is 22.0. The fourth-order valence-electron chi connectivity index (χ4n) is 4.02. The highest BCUT2D eigenvalue weighted by Crippen LogP contribution is 2.43. The minimum absolute atomic E-state index is 0.0660. The number of amides is 2. The number of H-pyrrole nitrogens is 1. The maximum atomic E-state index is 12.7. The van der Waals surface area contributed by atoms with Crippen molar-refractivity contribution in [2.24, 2.45) is 5.92 Å². The van der Waals surface area contributed by atoms with Crippen LogP contribution in [0.15, 0.2) is 60.0 Å². The molecule has 1 saturated carbocycles. The number of fused-ring (bicyclic) bond motifs is 1. The van der Waals surface area contributed by atoms with Gasteiger partial charge >= 0.3 is 0 Å². The van der Waals surface area contributed by atoms with E-state index in [2.05, 4.69) is 26.4 Å². The van der Waals surface area contributed by atoms with Crippen molar-refractivity contribution in [2.75, 3.05) is 18.9 Å². The molecule has 8 nitrogen and oxygen atoms in total. The van der Waals surface area contributed by atoms with Crippen LogP contribution in [0.1, 0.15) is 35.7 Å². The second-order valence-electron chi connectivity index (χ2n) is 7.93. The van der Waals surface area contributed by atoms with Crippen LogP contribution in [0.25, 0.3) is 11.0 Å². The number of anilines is 1. The minimum atomic E-state index is -0.326. The highest BCUT2D eigenvalue weighted by Gasteiger charge is 2.33. The van der Waals surface area contributed by atoms with Gasteiger partial charge in [-0.1, -0.05) is 18.7 Å². The van der Waals surface area contributed by atoms with Gasteiger partial charge in [-0.05, 0) is 49.5 Å². The van der Waals surface area contributed by atoms with Gasteiger partial charge in [0, 0.05) is 31.9 Å². The Labute approximate surface area is 179 Å². The van der Waals surface area contributed by atoms with Crippen LogP contribution in [0.3, 0.4) is 0 Å². The Morgan fingerprint density at radius 2 is 2.06 bits per heavy atom. The molecule has 2 heterocycles. The molecule has 2 amide bonds. The lowest BCUT2D eigenvalue weighted by Crippen LogP contribution is -2.33. The number of imidazole rings is 1. The van der Waals surface area contributed by atoms with Crippen LogP contribution in [-0.2, 0) is 4.79 Å². The molecule has 0 bridgehead atoms. The number of nitrogens with zero attached hydrogens (tertiary/aromatic N) is 3. The number of pyridine rings is 1. The number of rotatable bonds is 7. The van der Waals surface area contributed by atoms with Crippen LogP contribution in [0.4, 0.5) is 5.95 Å². The summed E-state index contributed by atoms with van der Waals surface area (Å²) in [7, 11) is 1.79. The van der Waals surface area contributed by atoms with Gasteiger partial charge in [0.1, 0.15) is 0 Å². The molecule has 3 aromatic rings. The van der Waals surface area contributed by atoms with Gasteiger partial charge in [-0.25, -0.2) is 4.98 Å². The van der Waals surface area contributed by atoms with Crippen molar-refractivity contribution in [1.29, 1.82) is 0 Å². The SMILES string of the molecule is C=CC(=O)N(C)CCC1CC(n2c(NC(=O)c3ccc(=O)[nH]c3)nc3ccccc32)C1. The zero-order valence-electron chi connectivity index (χ0n) is 17.4. The van der Waals surface area contributed by atoms with E-state index in [0.29, 0.717) is 24.0 Å². The second kappa shape index (κ2) is 8.59. The van der Waals surface area contributed by atoms with Crippen LogP contribution in [-0.4, -0.2) is 44.8 Å². The first-order valence-corrected chi connectivity index (χ1v) is 10.3.